The summed E-state index contributed by atoms with van der Waals surface area (Å²) in [6.45, 7) is 4.13. The highest BCUT2D eigenvalue weighted by Crippen LogP contribution is 2.14. The summed E-state index contributed by atoms with van der Waals surface area (Å²) in [6, 6.07) is 7.73. The second-order valence-corrected chi connectivity index (χ2v) is 5.08. The van der Waals surface area contributed by atoms with E-state index in [-0.39, 0.29) is 5.91 Å². The van der Waals surface area contributed by atoms with E-state index in [1.165, 1.54) is 0 Å². The van der Waals surface area contributed by atoms with Crippen LogP contribution in [0.1, 0.15) is 30.1 Å². The third-order valence-electron chi connectivity index (χ3n) is 3.26. The molecule has 0 unspecified atom stereocenters. The highest BCUT2D eigenvalue weighted by Gasteiger charge is 2.15. The lowest BCUT2D eigenvalue weighted by molar-refractivity contribution is 0.0693. The maximum Gasteiger partial charge on any atom is 0.253 e. The van der Waals surface area contributed by atoms with Crippen molar-refractivity contribution in [3.8, 4) is 0 Å². The monoisotopic (exact) mass is 278 g/mol. The Balaban J connectivity index is 2.76. The highest BCUT2D eigenvalue weighted by atomic mass is 16.5. The molecule has 4 heteroatoms. The van der Waals surface area contributed by atoms with Crippen LogP contribution in [0.15, 0.2) is 24.3 Å². The molecule has 0 saturated heterocycles. The van der Waals surface area contributed by atoms with Gasteiger partial charge in [0, 0.05) is 45.5 Å². The van der Waals surface area contributed by atoms with E-state index in [1.807, 2.05) is 48.2 Å². The zero-order valence-electron chi connectivity index (χ0n) is 13.1. The number of anilines is 1. The molecule has 0 spiro atoms. The number of unbranched alkanes of at least 4 members (excludes halogenated alkanes) is 1. The van der Waals surface area contributed by atoms with Gasteiger partial charge in [-0.05, 0) is 30.7 Å². The van der Waals surface area contributed by atoms with Gasteiger partial charge in [0.25, 0.3) is 5.91 Å². The quantitative estimate of drug-likeness (QED) is 0.733. The molecule has 0 saturated carbocycles. The second-order valence-electron chi connectivity index (χ2n) is 5.08. The largest absolute Gasteiger partial charge is 0.383 e. The molecule has 0 fully saturated rings. The summed E-state index contributed by atoms with van der Waals surface area (Å²) in [5.41, 5.74) is 1.83. The first-order chi connectivity index (χ1) is 9.60. The van der Waals surface area contributed by atoms with Crippen LogP contribution in [0.2, 0.25) is 0 Å². The number of amides is 1. The molecule has 0 radical (unpaired) electrons. The second kappa shape index (κ2) is 8.59. The third-order valence-corrected chi connectivity index (χ3v) is 3.26. The summed E-state index contributed by atoms with van der Waals surface area (Å²) in [5, 5.41) is 0. The molecule has 112 valence electrons. The highest BCUT2D eigenvalue weighted by molar-refractivity contribution is 5.94. The fraction of sp³-hybridized carbons (Fsp3) is 0.562. The van der Waals surface area contributed by atoms with Crippen LogP contribution in [0.3, 0.4) is 0 Å². The van der Waals surface area contributed by atoms with Crippen molar-refractivity contribution < 1.29 is 9.53 Å². The van der Waals surface area contributed by atoms with Gasteiger partial charge in [0.05, 0.1) is 6.61 Å². The Morgan fingerprint density at radius 2 is 1.80 bits per heavy atom. The van der Waals surface area contributed by atoms with Gasteiger partial charge in [0.1, 0.15) is 0 Å². The number of benzene rings is 1. The zero-order valence-corrected chi connectivity index (χ0v) is 13.1. The van der Waals surface area contributed by atoms with E-state index in [2.05, 4.69) is 6.92 Å². The van der Waals surface area contributed by atoms with Crippen LogP contribution >= 0.6 is 0 Å². The smallest absolute Gasteiger partial charge is 0.253 e. The molecule has 0 bridgehead atoms. The Kier molecular flexibility index (Phi) is 7.09. The van der Waals surface area contributed by atoms with Gasteiger partial charge < -0.3 is 14.5 Å². The van der Waals surface area contributed by atoms with Crippen molar-refractivity contribution in [2.45, 2.75) is 19.8 Å². The lowest BCUT2D eigenvalue weighted by Crippen LogP contribution is -2.34. The first-order valence-corrected chi connectivity index (χ1v) is 7.15. The van der Waals surface area contributed by atoms with E-state index in [4.69, 9.17) is 4.74 Å². The number of ether oxygens (including phenoxy) is 1. The molecule has 0 aliphatic carbocycles. The summed E-state index contributed by atoms with van der Waals surface area (Å²) in [4.78, 5) is 16.4. The lowest BCUT2D eigenvalue weighted by Gasteiger charge is -2.22. The first-order valence-electron chi connectivity index (χ1n) is 7.15. The molecule has 0 heterocycles. The molecule has 1 amide bonds. The molecule has 1 aromatic rings. The van der Waals surface area contributed by atoms with E-state index < -0.39 is 0 Å². The van der Waals surface area contributed by atoms with Gasteiger partial charge in [-0.1, -0.05) is 13.3 Å². The van der Waals surface area contributed by atoms with Gasteiger partial charge in [0.2, 0.25) is 0 Å². The summed E-state index contributed by atoms with van der Waals surface area (Å²) in [6.07, 6.45) is 2.10. The van der Waals surface area contributed by atoms with Crippen molar-refractivity contribution in [3.05, 3.63) is 29.8 Å². The van der Waals surface area contributed by atoms with E-state index in [9.17, 15) is 4.79 Å². The summed E-state index contributed by atoms with van der Waals surface area (Å²) in [5.74, 6) is 0.0841. The Bertz CT molecular complexity index is 393. The number of nitrogens with zero attached hydrogens (tertiary/aromatic N) is 2. The van der Waals surface area contributed by atoms with Gasteiger partial charge in [-0.3, -0.25) is 4.79 Å². The summed E-state index contributed by atoms with van der Waals surface area (Å²) in [7, 11) is 5.64. The van der Waals surface area contributed by atoms with Crippen LogP contribution in [0.4, 0.5) is 5.69 Å². The van der Waals surface area contributed by atoms with Gasteiger partial charge in [0.15, 0.2) is 0 Å². The van der Waals surface area contributed by atoms with E-state index in [0.717, 1.165) is 30.6 Å². The molecule has 0 aliphatic heterocycles. The van der Waals surface area contributed by atoms with Gasteiger partial charge in [-0.15, -0.1) is 0 Å². The number of rotatable bonds is 8. The van der Waals surface area contributed by atoms with Crippen molar-refractivity contribution in [2.24, 2.45) is 0 Å². The average molecular weight is 278 g/mol. The molecule has 0 aromatic heterocycles. The number of carbonyl (C=O) groups is 1. The van der Waals surface area contributed by atoms with Crippen LogP contribution in [-0.2, 0) is 4.74 Å². The Hall–Kier alpha value is -1.55. The van der Waals surface area contributed by atoms with Gasteiger partial charge >= 0.3 is 0 Å². The van der Waals surface area contributed by atoms with Gasteiger partial charge in [-0.25, -0.2) is 0 Å². The van der Waals surface area contributed by atoms with Crippen LogP contribution < -0.4 is 4.90 Å². The van der Waals surface area contributed by atoms with Crippen molar-refractivity contribution in [1.82, 2.24) is 4.90 Å². The molecule has 0 atom stereocenters. The zero-order chi connectivity index (χ0) is 15.0. The number of hydrogen-bond donors (Lipinski definition) is 0. The molecule has 0 N–H and O–H groups in total. The van der Waals surface area contributed by atoms with E-state index in [0.29, 0.717) is 13.2 Å². The molecular weight excluding hydrogens is 252 g/mol. The maximum atomic E-state index is 12.5. The number of carbonyl (C=O) groups excluding carboxylic acids is 1. The predicted octanol–water partition coefficient (Wildman–Crippen LogP) is 2.64. The van der Waals surface area contributed by atoms with Crippen LogP contribution in [-0.4, -0.2) is 51.7 Å². The standard InChI is InChI=1S/C16H26N2O2/c1-5-6-11-18(12-13-20-4)16(19)14-7-9-15(10-8-14)17(2)3/h7-10H,5-6,11-13H2,1-4H3. The molecule has 1 rings (SSSR count). The van der Waals surface area contributed by atoms with Crippen LogP contribution in [0.5, 0.6) is 0 Å². The lowest BCUT2D eigenvalue weighted by atomic mass is 10.1. The average Bonchev–Trinajstić information content (AvgIpc) is 2.47. The predicted molar refractivity (Wildman–Crippen MR) is 83.5 cm³/mol. The van der Waals surface area contributed by atoms with Crippen molar-refractivity contribution in [1.29, 1.82) is 0 Å². The maximum absolute atomic E-state index is 12.5. The van der Waals surface area contributed by atoms with Crippen molar-refractivity contribution in [3.63, 3.8) is 0 Å². The SMILES string of the molecule is CCCCN(CCOC)C(=O)c1ccc(N(C)C)cc1. The molecular formula is C16H26N2O2. The topological polar surface area (TPSA) is 32.8 Å². The van der Waals surface area contributed by atoms with Crippen molar-refractivity contribution >= 4 is 11.6 Å². The minimum atomic E-state index is 0.0841. The molecule has 4 nitrogen and oxygen atoms in total. The molecule has 1 aromatic carbocycles. The number of hydrogen-bond acceptors (Lipinski definition) is 3. The summed E-state index contributed by atoms with van der Waals surface area (Å²) < 4.78 is 5.09. The molecule has 0 aliphatic rings. The van der Waals surface area contributed by atoms with Crippen molar-refractivity contribution in [2.75, 3.05) is 45.8 Å². The fourth-order valence-electron chi connectivity index (χ4n) is 1.95. The Morgan fingerprint density at radius 1 is 1.15 bits per heavy atom. The van der Waals surface area contributed by atoms with E-state index >= 15 is 0 Å². The van der Waals surface area contributed by atoms with Gasteiger partial charge in [-0.2, -0.15) is 0 Å². The number of methoxy groups -OCH3 is 1. The third kappa shape index (κ3) is 4.85. The van der Waals surface area contributed by atoms with Crippen LogP contribution in [0, 0.1) is 0 Å². The Labute approximate surface area is 122 Å². The minimum Gasteiger partial charge on any atom is -0.383 e. The summed E-state index contributed by atoms with van der Waals surface area (Å²) >= 11 is 0. The minimum absolute atomic E-state index is 0.0841. The molecule has 20 heavy (non-hydrogen) atoms. The normalized spacial score (nSPS) is 10.4. The Morgan fingerprint density at radius 3 is 2.30 bits per heavy atom. The fourth-order valence-corrected chi connectivity index (χ4v) is 1.95. The first kappa shape index (κ1) is 16.5. The van der Waals surface area contributed by atoms with E-state index in [1.54, 1.807) is 7.11 Å². The van der Waals surface area contributed by atoms with Crippen LogP contribution in [0.25, 0.3) is 0 Å².